The molecule has 1 amide bonds. The van der Waals surface area contributed by atoms with E-state index in [1.807, 2.05) is 57.4 Å². The molecule has 7 heteroatoms. The van der Waals surface area contributed by atoms with Gasteiger partial charge in [-0.25, -0.2) is 4.79 Å². The van der Waals surface area contributed by atoms with E-state index in [0.717, 1.165) is 31.7 Å². The highest BCUT2D eigenvalue weighted by Crippen LogP contribution is 2.21. The van der Waals surface area contributed by atoms with Gasteiger partial charge in [0.25, 0.3) is 0 Å². The molecular formula is C25H34N4O3. The number of rotatable bonds is 7. The summed E-state index contributed by atoms with van der Waals surface area (Å²) >= 11 is 0. The topological polar surface area (TPSA) is 66.0 Å². The van der Waals surface area contributed by atoms with Gasteiger partial charge in [0, 0.05) is 76.4 Å². The van der Waals surface area contributed by atoms with Crippen molar-refractivity contribution in [2.45, 2.75) is 39.2 Å². The lowest BCUT2D eigenvalue weighted by atomic mass is 10.1. The second-order valence-corrected chi connectivity index (χ2v) is 9.21. The monoisotopic (exact) mass is 438 g/mol. The van der Waals surface area contributed by atoms with Crippen LogP contribution in [0.15, 0.2) is 48.8 Å². The van der Waals surface area contributed by atoms with Gasteiger partial charge in [-0.05, 0) is 50.6 Å². The average Bonchev–Trinajstić information content (AvgIpc) is 2.77. The van der Waals surface area contributed by atoms with Crippen LogP contribution in [0.5, 0.6) is 0 Å². The molecule has 32 heavy (non-hydrogen) atoms. The molecule has 0 N–H and O–H groups in total. The molecule has 3 rings (SSSR count). The van der Waals surface area contributed by atoms with Gasteiger partial charge in [-0.3, -0.25) is 9.78 Å². The Hall–Kier alpha value is -3.09. The molecule has 1 fully saturated rings. The van der Waals surface area contributed by atoms with E-state index in [0.29, 0.717) is 19.4 Å². The van der Waals surface area contributed by atoms with Gasteiger partial charge in [0.05, 0.1) is 0 Å². The molecule has 1 aliphatic heterocycles. The molecule has 0 bridgehead atoms. The Morgan fingerprint density at radius 3 is 2.00 bits per heavy atom. The van der Waals surface area contributed by atoms with E-state index in [4.69, 9.17) is 4.74 Å². The maximum absolute atomic E-state index is 12.4. The lowest BCUT2D eigenvalue weighted by Crippen LogP contribution is -2.46. The fraction of sp³-hybridized carbons (Fsp3) is 0.480. The molecule has 0 radical (unpaired) electrons. The number of Topliss-reactive ketones (excluding diaryl/α,β-unsaturated/α-hetero) is 1. The summed E-state index contributed by atoms with van der Waals surface area (Å²) < 4.78 is 5.32. The summed E-state index contributed by atoms with van der Waals surface area (Å²) in [6.45, 7) is 9.69. The van der Waals surface area contributed by atoms with Crippen LogP contribution in [0.4, 0.5) is 16.2 Å². The van der Waals surface area contributed by atoms with Crippen molar-refractivity contribution in [1.82, 2.24) is 9.88 Å². The summed E-state index contributed by atoms with van der Waals surface area (Å²) in [7, 11) is 1.66. The zero-order chi connectivity index (χ0) is 23.1. The molecule has 1 saturated heterocycles. The number of aromatic nitrogens is 1. The van der Waals surface area contributed by atoms with Crippen molar-refractivity contribution >= 4 is 23.3 Å². The lowest BCUT2D eigenvalue weighted by Gasteiger charge is -2.37. The van der Waals surface area contributed by atoms with Gasteiger partial charge in [-0.1, -0.05) is 12.1 Å². The molecule has 0 unspecified atom stereocenters. The highest BCUT2D eigenvalue weighted by Gasteiger charge is 2.20. The molecule has 0 atom stereocenters. The normalized spacial score (nSPS) is 14.2. The van der Waals surface area contributed by atoms with Gasteiger partial charge in [-0.2, -0.15) is 0 Å². The van der Waals surface area contributed by atoms with Gasteiger partial charge in [0.1, 0.15) is 11.4 Å². The number of carbonyl (C=O) groups excluding carboxylic acids is 2. The molecule has 2 aromatic rings. The summed E-state index contributed by atoms with van der Waals surface area (Å²) in [5.41, 5.74) is 2.85. The number of benzene rings is 1. The third-order valence-electron chi connectivity index (χ3n) is 5.44. The van der Waals surface area contributed by atoms with E-state index in [2.05, 4.69) is 26.9 Å². The summed E-state index contributed by atoms with van der Waals surface area (Å²) in [4.78, 5) is 34.7. The first kappa shape index (κ1) is 23.6. The Kier molecular flexibility index (Phi) is 7.72. The summed E-state index contributed by atoms with van der Waals surface area (Å²) in [5, 5.41) is 0. The van der Waals surface area contributed by atoms with Crippen LogP contribution in [0, 0.1) is 0 Å². The number of hydrogen-bond acceptors (Lipinski definition) is 6. The van der Waals surface area contributed by atoms with E-state index in [-0.39, 0.29) is 5.78 Å². The van der Waals surface area contributed by atoms with E-state index in [9.17, 15) is 9.59 Å². The molecule has 0 aliphatic carbocycles. The molecule has 1 aliphatic rings. The quantitative estimate of drug-likeness (QED) is 0.656. The van der Waals surface area contributed by atoms with Crippen LogP contribution in [0.25, 0.3) is 0 Å². The number of ketones is 1. The van der Waals surface area contributed by atoms with Crippen LogP contribution >= 0.6 is 0 Å². The predicted octanol–water partition coefficient (Wildman–Crippen LogP) is 3.78. The van der Waals surface area contributed by atoms with Gasteiger partial charge < -0.3 is 19.4 Å². The zero-order valence-electron chi connectivity index (χ0n) is 19.6. The highest BCUT2D eigenvalue weighted by molar-refractivity contribution is 5.81. The first-order chi connectivity index (χ1) is 15.2. The number of carbonyl (C=O) groups is 2. The van der Waals surface area contributed by atoms with Crippen molar-refractivity contribution in [2.24, 2.45) is 0 Å². The first-order valence-electron chi connectivity index (χ1n) is 11.2. The molecule has 2 heterocycles. The second kappa shape index (κ2) is 10.5. The molecule has 172 valence electrons. The fourth-order valence-electron chi connectivity index (χ4n) is 3.64. The predicted molar refractivity (Wildman–Crippen MR) is 127 cm³/mol. The number of pyridine rings is 1. The molecule has 7 nitrogen and oxygen atoms in total. The molecule has 1 aromatic heterocycles. The second-order valence-electron chi connectivity index (χ2n) is 9.21. The van der Waals surface area contributed by atoms with Crippen molar-refractivity contribution < 1.29 is 14.3 Å². The van der Waals surface area contributed by atoms with Crippen LogP contribution in [0.1, 0.15) is 32.8 Å². The number of anilines is 2. The van der Waals surface area contributed by atoms with Crippen LogP contribution in [-0.4, -0.2) is 67.1 Å². The number of nitrogens with zero attached hydrogens (tertiary/aromatic N) is 4. The summed E-state index contributed by atoms with van der Waals surface area (Å²) in [6.07, 6.45) is 3.94. The number of hydrogen-bond donors (Lipinski definition) is 0. The minimum Gasteiger partial charge on any atom is -0.444 e. The summed E-state index contributed by atoms with van der Waals surface area (Å²) in [6, 6.07) is 12.3. The van der Waals surface area contributed by atoms with Crippen molar-refractivity contribution in [2.75, 3.05) is 49.6 Å². The van der Waals surface area contributed by atoms with Gasteiger partial charge in [0.15, 0.2) is 0 Å². The van der Waals surface area contributed by atoms with E-state index in [1.165, 1.54) is 16.3 Å². The molecule has 1 aromatic carbocycles. The molecular weight excluding hydrogens is 404 g/mol. The maximum Gasteiger partial charge on any atom is 0.410 e. The highest BCUT2D eigenvalue weighted by atomic mass is 16.6. The average molecular weight is 439 g/mol. The Morgan fingerprint density at radius 2 is 1.47 bits per heavy atom. The minimum atomic E-state index is -0.539. The van der Waals surface area contributed by atoms with Crippen molar-refractivity contribution in [3.05, 3.63) is 54.4 Å². The Morgan fingerprint density at radius 1 is 0.938 bits per heavy atom. The smallest absolute Gasteiger partial charge is 0.410 e. The minimum absolute atomic E-state index is 0.110. The lowest BCUT2D eigenvalue weighted by molar-refractivity contribution is -0.118. The fourth-order valence-corrected chi connectivity index (χ4v) is 3.64. The van der Waals surface area contributed by atoms with Crippen molar-refractivity contribution in [3.8, 4) is 0 Å². The number of ether oxygens (including phenoxy) is 1. The van der Waals surface area contributed by atoms with E-state index in [1.54, 1.807) is 7.05 Å². The molecule has 0 spiro atoms. The van der Waals surface area contributed by atoms with Crippen molar-refractivity contribution in [3.63, 3.8) is 0 Å². The van der Waals surface area contributed by atoms with Crippen LogP contribution in [0.3, 0.4) is 0 Å². The zero-order valence-corrected chi connectivity index (χ0v) is 19.6. The maximum atomic E-state index is 12.4. The molecule has 0 saturated carbocycles. The van der Waals surface area contributed by atoms with Crippen LogP contribution < -0.4 is 9.80 Å². The first-order valence-corrected chi connectivity index (χ1v) is 11.2. The third kappa shape index (κ3) is 6.97. The SMILES string of the molecule is CN(CCC(=O)Cc1ccc(N2CCN(c3ccncc3)CC2)cc1)C(=O)OC(C)(C)C. The van der Waals surface area contributed by atoms with Gasteiger partial charge in [0.2, 0.25) is 0 Å². The summed E-state index contributed by atoms with van der Waals surface area (Å²) in [5.74, 6) is 0.110. The van der Waals surface area contributed by atoms with E-state index < -0.39 is 11.7 Å². The van der Waals surface area contributed by atoms with Gasteiger partial charge >= 0.3 is 6.09 Å². The number of amides is 1. The standard InChI is InChI=1S/C25H34N4O3/c1-25(2,3)32-24(31)27(4)14-11-23(30)19-20-5-7-21(8-6-20)28-15-17-29(18-16-28)22-9-12-26-13-10-22/h5-10,12-13H,11,14-19H2,1-4H3. The van der Waals surface area contributed by atoms with Crippen molar-refractivity contribution in [1.29, 1.82) is 0 Å². The van der Waals surface area contributed by atoms with Crippen LogP contribution in [0.2, 0.25) is 0 Å². The van der Waals surface area contributed by atoms with E-state index >= 15 is 0 Å². The van der Waals surface area contributed by atoms with Gasteiger partial charge in [-0.15, -0.1) is 0 Å². The number of piperazine rings is 1. The Balaban J connectivity index is 1.43. The Bertz CT molecular complexity index is 886. The third-order valence-corrected chi connectivity index (χ3v) is 5.44. The largest absolute Gasteiger partial charge is 0.444 e. The Labute approximate surface area is 191 Å². The van der Waals surface area contributed by atoms with Crippen LogP contribution in [-0.2, 0) is 16.0 Å².